The lowest BCUT2D eigenvalue weighted by molar-refractivity contribution is 0.0793. The molecule has 150 valence electrons. The summed E-state index contributed by atoms with van der Waals surface area (Å²) in [5.41, 5.74) is 1.52. The zero-order valence-corrected chi connectivity index (χ0v) is 16.3. The Morgan fingerprint density at radius 2 is 1.86 bits per heavy atom. The monoisotopic (exact) mass is 394 g/mol. The van der Waals surface area contributed by atoms with Crippen LogP contribution in [-0.2, 0) is 0 Å². The molecule has 1 N–H and O–H groups in total. The van der Waals surface area contributed by atoms with Gasteiger partial charge < -0.3 is 14.6 Å². The van der Waals surface area contributed by atoms with E-state index in [1.165, 1.54) is 12.1 Å². The number of hydrogen-bond donors (Lipinski definition) is 1. The SMILES string of the molecule is CCCOc1ccc(F)c2c(=O)c(-c3ccc(C(=O)N4CCCC4)cc3)c[nH]c12. The van der Waals surface area contributed by atoms with Crippen molar-refractivity contribution < 1.29 is 13.9 Å². The topological polar surface area (TPSA) is 62.4 Å². The van der Waals surface area contributed by atoms with Crippen molar-refractivity contribution in [3.8, 4) is 16.9 Å². The summed E-state index contributed by atoms with van der Waals surface area (Å²) in [5.74, 6) is -0.128. The van der Waals surface area contributed by atoms with Gasteiger partial charge in [-0.3, -0.25) is 9.59 Å². The molecule has 3 aromatic rings. The average molecular weight is 394 g/mol. The second-order valence-electron chi connectivity index (χ2n) is 7.25. The van der Waals surface area contributed by atoms with E-state index in [1.54, 1.807) is 30.5 Å². The van der Waals surface area contributed by atoms with Crippen LogP contribution in [0.1, 0.15) is 36.5 Å². The van der Waals surface area contributed by atoms with Crippen LogP contribution in [0.15, 0.2) is 47.4 Å². The largest absolute Gasteiger partial charge is 0.491 e. The first-order valence-electron chi connectivity index (χ1n) is 9.96. The van der Waals surface area contributed by atoms with Gasteiger partial charge in [-0.15, -0.1) is 0 Å². The number of likely N-dealkylation sites (tertiary alicyclic amines) is 1. The number of carbonyl (C=O) groups is 1. The summed E-state index contributed by atoms with van der Waals surface area (Å²) in [6.45, 7) is 4.03. The van der Waals surface area contributed by atoms with Crippen LogP contribution in [0.4, 0.5) is 4.39 Å². The lowest BCUT2D eigenvalue weighted by atomic mass is 10.0. The number of ether oxygens (including phenoxy) is 1. The van der Waals surface area contributed by atoms with Crippen molar-refractivity contribution in [2.24, 2.45) is 0 Å². The Morgan fingerprint density at radius 1 is 1.14 bits per heavy atom. The second-order valence-corrected chi connectivity index (χ2v) is 7.25. The molecule has 0 bridgehead atoms. The summed E-state index contributed by atoms with van der Waals surface area (Å²) in [5, 5.41) is -0.0201. The Balaban J connectivity index is 1.71. The van der Waals surface area contributed by atoms with Crippen LogP contribution in [0.5, 0.6) is 5.75 Å². The van der Waals surface area contributed by atoms with Crippen molar-refractivity contribution in [3.05, 3.63) is 64.2 Å². The van der Waals surface area contributed by atoms with Crippen LogP contribution in [0.25, 0.3) is 22.0 Å². The fraction of sp³-hybridized carbons (Fsp3) is 0.304. The number of nitrogens with zero attached hydrogens (tertiary/aromatic N) is 1. The minimum Gasteiger partial charge on any atom is -0.491 e. The van der Waals surface area contributed by atoms with Crippen LogP contribution in [0, 0.1) is 5.82 Å². The Kier molecular flexibility index (Phi) is 5.34. The van der Waals surface area contributed by atoms with Gasteiger partial charge in [0.05, 0.1) is 17.5 Å². The summed E-state index contributed by atoms with van der Waals surface area (Å²) >= 11 is 0. The predicted octanol–water partition coefficient (Wildman–Crippen LogP) is 4.36. The molecule has 29 heavy (non-hydrogen) atoms. The molecule has 1 aliphatic rings. The molecule has 5 nitrogen and oxygen atoms in total. The number of halogens is 1. The van der Waals surface area contributed by atoms with Gasteiger partial charge in [0.15, 0.2) is 5.43 Å². The normalized spacial score (nSPS) is 13.8. The number of aromatic amines is 1. The first-order valence-corrected chi connectivity index (χ1v) is 9.96. The lowest BCUT2D eigenvalue weighted by Gasteiger charge is -2.15. The minimum absolute atomic E-state index is 0.00484. The van der Waals surface area contributed by atoms with Crippen molar-refractivity contribution >= 4 is 16.8 Å². The zero-order chi connectivity index (χ0) is 20.4. The van der Waals surface area contributed by atoms with Crippen LogP contribution in [-0.4, -0.2) is 35.5 Å². The van der Waals surface area contributed by atoms with E-state index in [2.05, 4.69) is 4.98 Å². The van der Waals surface area contributed by atoms with Gasteiger partial charge >= 0.3 is 0 Å². The van der Waals surface area contributed by atoms with E-state index in [9.17, 15) is 14.0 Å². The van der Waals surface area contributed by atoms with Crippen molar-refractivity contribution in [1.82, 2.24) is 9.88 Å². The highest BCUT2D eigenvalue weighted by atomic mass is 19.1. The third kappa shape index (κ3) is 3.62. The van der Waals surface area contributed by atoms with E-state index in [-0.39, 0.29) is 11.3 Å². The van der Waals surface area contributed by atoms with Crippen LogP contribution in [0.3, 0.4) is 0 Å². The van der Waals surface area contributed by atoms with E-state index >= 15 is 0 Å². The first kappa shape index (κ1) is 19.2. The predicted molar refractivity (Wildman–Crippen MR) is 111 cm³/mol. The van der Waals surface area contributed by atoms with Gasteiger partial charge in [-0.05, 0) is 49.1 Å². The van der Waals surface area contributed by atoms with Gasteiger partial charge in [-0.2, -0.15) is 0 Å². The summed E-state index contributed by atoms with van der Waals surface area (Å²) in [6, 6.07) is 9.68. The van der Waals surface area contributed by atoms with E-state index in [0.717, 1.165) is 32.4 Å². The number of fused-ring (bicyclic) bond motifs is 1. The fourth-order valence-electron chi connectivity index (χ4n) is 3.71. The Bertz CT molecular complexity index is 1100. The number of hydrogen-bond acceptors (Lipinski definition) is 3. The lowest BCUT2D eigenvalue weighted by Crippen LogP contribution is -2.27. The molecule has 2 aromatic carbocycles. The Morgan fingerprint density at radius 3 is 2.55 bits per heavy atom. The van der Waals surface area contributed by atoms with E-state index in [1.807, 2.05) is 11.8 Å². The molecule has 4 rings (SSSR count). The first-order chi connectivity index (χ1) is 14.1. The molecule has 0 unspecified atom stereocenters. The third-order valence-electron chi connectivity index (χ3n) is 5.25. The molecule has 2 heterocycles. The van der Waals surface area contributed by atoms with Crippen molar-refractivity contribution in [1.29, 1.82) is 0 Å². The van der Waals surface area contributed by atoms with Gasteiger partial charge in [-0.1, -0.05) is 19.1 Å². The van der Waals surface area contributed by atoms with E-state index < -0.39 is 11.2 Å². The number of benzene rings is 2. The standard InChI is InChI=1S/C23H23FN2O3/c1-2-13-29-19-10-9-18(24)20-21(19)25-14-17(22(20)27)15-5-7-16(8-6-15)23(28)26-11-3-4-12-26/h5-10,14H,2-4,11-13H2,1H3,(H,25,27). The molecule has 0 radical (unpaired) electrons. The molecule has 0 atom stereocenters. The zero-order valence-electron chi connectivity index (χ0n) is 16.3. The van der Waals surface area contributed by atoms with E-state index in [0.29, 0.717) is 34.6 Å². The van der Waals surface area contributed by atoms with Gasteiger partial charge in [0, 0.05) is 30.4 Å². The number of pyridine rings is 1. The molecule has 6 heteroatoms. The Hall–Kier alpha value is -3.15. The van der Waals surface area contributed by atoms with Crippen molar-refractivity contribution in [2.75, 3.05) is 19.7 Å². The number of amides is 1. The molecule has 0 saturated carbocycles. The molecule has 1 fully saturated rings. The molecule has 0 spiro atoms. The van der Waals surface area contributed by atoms with Gasteiger partial charge in [-0.25, -0.2) is 4.39 Å². The maximum absolute atomic E-state index is 14.5. The van der Waals surface area contributed by atoms with Gasteiger partial charge in [0.1, 0.15) is 11.6 Å². The highest BCUT2D eigenvalue weighted by Gasteiger charge is 2.20. The fourth-order valence-corrected chi connectivity index (χ4v) is 3.71. The quantitative estimate of drug-likeness (QED) is 0.699. The maximum atomic E-state index is 14.5. The summed E-state index contributed by atoms with van der Waals surface area (Å²) in [6.07, 6.45) is 4.45. The van der Waals surface area contributed by atoms with Crippen molar-refractivity contribution in [2.45, 2.75) is 26.2 Å². The summed E-state index contributed by atoms with van der Waals surface area (Å²) in [4.78, 5) is 30.4. The number of H-pyrrole nitrogens is 1. The molecular formula is C23H23FN2O3. The van der Waals surface area contributed by atoms with Gasteiger partial charge in [0.2, 0.25) is 0 Å². The van der Waals surface area contributed by atoms with Gasteiger partial charge in [0.25, 0.3) is 5.91 Å². The average Bonchev–Trinajstić information content (AvgIpc) is 3.28. The number of nitrogens with one attached hydrogen (secondary N) is 1. The number of aromatic nitrogens is 1. The summed E-state index contributed by atoms with van der Waals surface area (Å²) in [7, 11) is 0. The minimum atomic E-state index is -0.590. The second kappa shape index (κ2) is 8.07. The molecule has 1 aliphatic heterocycles. The van der Waals surface area contributed by atoms with Crippen molar-refractivity contribution in [3.63, 3.8) is 0 Å². The smallest absolute Gasteiger partial charge is 0.253 e. The van der Waals surface area contributed by atoms with E-state index in [4.69, 9.17) is 4.74 Å². The number of rotatable bonds is 5. The highest BCUT2D eigenvalue weighted by Crippen LogP contribution is 2.27. The third-order valence-corrected chi connectivity index (χ3v) is 5.25. The molecule has 1 amide bonds. The summed E-state index contributed by atoms with van der Waals surface area (Å²) < 4.78 is 20.1. The molecule has 1 saturated heterocycles. The van der Waals surface area contributed by atoms with Crippen LogP contribution >= 0.6 is 0 Å². The van der Waals surface area contributed by atoms with Crippen LogP contribution < -0.4 is 10.2 Å². The Labute approximate surface area is 168 Å². The number of carbonyl (C=O) groups excluding carboxylic acids is 1. The highest BCUT2D eigenvalue weighted by molar-refractivity contribution is 5.95. The molecule has 1 aromatic heterocycles. The maximum Gasteiger partial charge on any atom is 0.253 e. The molecular weight excluding hydrogens is 371 g/mol. The molecule has 0 aliphatic carbocycles. The van der Waals surface area contributed by atoms with Crippen LogP contribution in [0.2, 0.25) is 0 Å².